The number of methoxy groups -OCH3 is 1. The van der Waals surface area contributed by atoms with Crippen molar-refractivity contribution in [1.29, 1.82) is 0 Å². The van der Waals surface area contributed by atoms with Gasteiger partial charge in [0.05, 0.1) is 18.0 Å². The van der Waals surface area contributed by atoms with Gasteiger partial charge in [-0.2, -0.15) is 0 Å². The van der Waals surface area contributed by atoms with E-state index >= 15 is 0 Å². The Hall–Kier alpha value is -2.05. The number of ether oxygens (including phenoxy) is 2. The predicted molar refractivity (Wildman–Crippen MR) is 106 cm³/mol. The summed E-state index contributed by atoms with van der Waals surface area (Å²) in [6.45, 7) is 9.61. The Morgan fingerprint density at radius 1 is 1.11 bits per heavy atom. The van der Waals surface area contributed by atoms with E-state index in [-0.39, 0.29) is 10.9 Å². The van der Waals surface area contributed by atoms with Crippen molar-refractivity contribution in [3.8, 4) is 11.5 Å². The van der Waals surface area contributed by atoms with Gasteiger partial charge < -0.3 is 9.47 Å². The van der Waals surface area contributed by atoms with E-state index in [2.05, 4.69) is 4.72 Å². The highest BCUT2D eigenvalue weighted by Crippen LogP contribution is 2.41. The van der Waals surface area contributed by atoms with Gasteiger partial charge in [-0.3, -0.25) is 0 Å². The van der Waals surface area contributed by atoms with Crippen LogP contribution in [-0.2, 0) is 10.0 Å². The molecule has 2 aromatic carbocycles. The number of hydrogen-bond acceptors (Lipinski definition) is 4. The molecule has 0 radical (unpaired) electrons. The molecule has 1 heterocycles. The summed E-state index contributed by atoms with van der Waals surface area (Å²) in [5.74, 6) is 1.42. The van der Waals surface area contributed by atoms with Gasteiger partial charge in [-0.15, -0.1) is 0 Å². The summed E-state index contributed by atoms with van der Waals surface area (Å²) >= 11 is 0. The number of rotatable bonds is 4. The minimum absolute atomic E-state index is 0.277. The van der Waals surface area contributed by atoms with Crippen LogP contribution in [0.5, 0.6) is 11.5 Å². The highest BCUT2D eigenvalue weighted by Gasteiger charge is 2.36. The standard InChI is InChI=1S/C21H27NO4S/c1-13-7-8-16-17(12-21(4,5)26-19(16)11-13)22-27(23,24)20-10-9-18(25-6)14(2)15(20)3/h7-11,17,22H,12H2,1-6H3. The summed E-state index contributed by atoms with van der Waals surface area (Å²) in [7, 11) is -2.12. The first kappa shape index (κ1) is 19.7. The second-order valence-electron chi connectivity index (χ2n) is 7.80. The molecule has 3 rings (SSSR count). The van der Waals surface area contributed by atoms with Gasteiger partial charge in [0, 0.05) is 12.0 Å². The maximum Gasteiger partial charge on any atom is 0.241 e. The maximum atomic E-state index is 13.2. The van der Waals surface area contributed by atoms with Crippen LogP contribution in [0.25, 0.3) is 0 Å². The molecule has 2 aromatic rings. The highest BCUT2D eigenvalue weighted by molar-refractivity contribution is 7.89. The van der Waals surface area contributed by atoms with Crippen molar-refractivity contribution in [3.05, 3.63) is 52.6 Å². The van der Waals surface area contributed by atoms with Gasteiger partial charge in [-0.05, 0) is 69.5 Å². The SMILES string of the molecule is COc1ccc(S(=O)(=O)NC2CC(C)(C)Oc3cc(C)ccc32)c(C)c1C. The summed E-state index contributed by atoms with van der Waals surface area (Å²) in [6.07, 6.45) is 0.552. The van der Waals surface area contributed by atoms with Crippen molar-refractivity contribution >= 4 is 10.0 Å². The van der Waals surface area contributed by atoms with Crippen molar-refractivity contribution in [2.45, 2.75) is 57.6 Å². The zero-order valence-corrected chi connectivity index (χ0v) is 17.5. The zero-order chi connectivity index (χ0) is 20.0. The Morgan fingerprint density at radius 3 is 2.48 bits per heavy atom. The summed E-state index contributed by atoms with van der Waals surface area (Å²) in [5.41, 5.74) is 3.00. The van der Waals surface area contributed by atoms with Crippen LogP contribution in [0.1, 0.15) is 48.6 Å². The van der Waals surface area contributed by atoms with Gasteiger partial charge in [0.25, 0.3) is 0 Å². The number of fused-ring (bicyclic) bond motifs is 1. The van der Waals surface area contributed by atoms with E-state index in [4.69, 9.17) is 9.47 Å². The molecule has 6 heteroatoms. The van der Waals surface area contributed by atoms with E-state index in [1.807, 2.05) is 45.9 Å². The van der Waals surface area contributed by atoms with Gasteiger partial charge in [-0.25, -0.2) is 13.1 Å². The number of nitrogens with one attached hydrogen (secondary N) is 1. The van der Waals surface area contributed by atoms with Crippen LogP contribution in [-0.4, -0.2) is 21.1 Å². The van der Waals surface area contributed by atoms with Crippen LogP contribution in [0.15, 0.2) is 35.2 Å². The Morgan fingerprint density at radius 2 is 1.81 bits per heavy atom. The fourth-order valence-electron chi connectivity index (χ4n) is 3.60. The first-order valence-corrected chi connectivity index (χ1v) is 10.5. The van der Waals surface area contributed by atoms with Crippen LogP contribution in [0.4, 0.5) is 0 Å². The van der Waals surface area contributed by atoms with Gasteiger partial charge in [0.1, 0.15) is 17.1 Å². The lowest BCUT2D eigenvalue weighted by Gasteiger charge is -2.38. The molecule has 0 bridgehead atoms. The van der Waals surface area contributed by atoms with E-state index in [1.54, 1.807) is 26.2 Å². The Labute approximate surface area is 161 Å². The Balaban J connectivity index is 2.01. The number of benzene rings is 2. The number of aryl methyl sites for hydroxylation is 1. The molecule has 1 N–H and O–H groups in total. The molecular weight excluding hydrogens is 362 g/mol. The first-order valence-electron chi connectivity index (χ1n) is 9.00. The average molecular weight is 390 g/mol. The minimum atomic E-state index is -3.70. The fraction of sp³-hybridized carbons (Fsp3) is 0.429. The molecule has 1 atom stereocenters. The van der Waals surface area contributed by atoms with Crippen molar-refractivity contribution in [2.75, 3.05) is 7.11 Å². The lowest BCUT2D eigenvalue weighted by atomic mass is 9.90. The third kappa shape index (κ3) is 3.82. The summed E-state index contributed by atoms with van der Waals surface area (Å²) in [6, 6.07) is 8.83. The summed E-state index contributed by atoms with van der Waals surface area (Å²) in [4.78, 5) is 0.277. The summed E-state index contributed by atoms with van der Waals surface area (Å²) < 4.78 is 40.6. The third-order valence-electron chi connectivity index (χ3n) is 5.12. The Bertz CT molecular complexity index is 980. The van der Waals surface area contributed by atoms with Crippen LogP contribution >= 0.6 is 0 Å². The van der Waals surface area contributed by atoms with Crippen LogP contribution < -0.4 is 14.2 Å². The van der Waals surface area contributed by atoms with E-state index < -0.39 is 15.6 Å². The van der Waals surface area contributed by atoms with Gasteiger partial charge in [-0.1, -0.05) is 12.1 Å². The third-order valence-corrected chi connectivity index (χ3v) is 6.74. The van der Waals surface area contributed by atoms with E-state index in [1.165, 1.54) is 0 Å². The second-order valence-corrected chi connectivity index (χ2v) is 9.48. The molecular formula is C21H27NO4S. The lowest BCUT2D eigenvalue weighted by molar-refractivity contribution is 0.0701. The zero-order valence-electron chi connectivity index (χ0n) is 16.7. The monoisotopic (exact) mass is 389 g/mol. The average Bonchev–Trinajstić information content (AvgIpc) is 2.55. The lowest BCUT2D eigenvalue weighted by Crippen LogP contribution is -2.41. The van der Waals surface area contributed by atoms with Crippen molar-refractivity contribution in [1.82, 2.24) is 4.72 Å². The largest absolute Gasteiger partial charge is 0.496 e. The fourth-order valence-corrected chi connectivity index (χ4v) is 5.11. The quantitative estimate of drug-likeness (QED) is 0.851. The first-order chi connectivity index (χ1) is 12.5. The molecule has 0 saturated carbocycles. The second kappa shape index (κ2) is 6.84. The van der Waals surface area contributed by atoms with Crippen LogP contribution in [0, 0.1) is 20.8 Å². The van der Waals surface area contributed by atoms with Gasteiger partial charge >= 0.3 is 0 Å². The van der Waals surface area contributed by atoms with Gasteiger partial charge in [0.2, 0.25) is 10.0 Å². The molecule has 1 aliphatic rings. The number of sulfonamides is 1. The van der Waals surface area contributed by atoms with Crippen LogP contribution in [0.2, 0.25) is 0 Å². The molecule has 1 unspecified atom stereocenters. The Kier molecular flexibility index (Phi) is 4.99. The molecule has 0 spiro atoms. The molecule has 1 aliphatic heterocycles. The van der Waals surface area contributed by atoms with Crippen LogP contribution in [0.3, 0.4) is 0 Å². The van der Waals surface area contributed by atoms with Crippen molar-refractivity contribution < 1.29 is 17.9 Å². The van der Waals surface area contributed by atoms with Gasteiger partial charge in [0.15, 0.2) is 0 Å². The predicted octanol–water partition coefficient (Wildman–Crippen LogP) is 4.20. The molecule has 0 saturated heterocycles. The molecule has 0 fully saturated rings. The normalized spacial score (nSPS) is 18.5. The maximum absolute atomic E-state index is 13.2. The minimum Gasteiger partial charge on any atom is -0.496 e. The van der Waals surface area contributed by atoms with E-state index in [9.17, 15) is 8.42 Å². The molecule has 0 aromatic heterocycles. The summed E-state index contributed by atoms with van der Waals surface area (Å²) in [5, 5.41) is 0. The smallest absolute Gasteiger partial charge is 0.241 e. The highest BCUT2D eigenvalue weighted by atomic mass is 32.2. The molecule has 146 valence electrons. The molecule has 27 heavy (non-hydrogen) atoms. The van der Waals surface area contributed by atoms with E-state index in [0.717, 1.165) is 22.4 Å². The molecule has 5 nitrogen and oxygen atoms in total. The number of hydrogen-bond donors (Lipinski definition) is 1. The van der Waals surface area contributed by atoms with Crippen molar-refractivity contribution in [2.24, 2.45) is 0 Å². The molecule has 0 aliphatic carbocycles. The van der Waals surface area contributed by atoms with E-state index in [0.29, 0.717) is 17.7 Å². The van der Waals surface area contributed by atoms with Crippen molar-refractivity contribution in [3.63, 3.8) is 0 Å². The topological polar surface area (TPSA) is 64.6 Å². The molecule has 0 amide bonds.